The summed E-state index contributed by atoms with van der Waals surface area (Å²) in [4.78, 5) is 14.3. The molecule has 2 fully saturated rings. The molecule has 0 aliphatic heterocycles. The fraction of sp³-hybridized carbons (Fsp3) is 0.929. The maximum absolute atomic E-state index is 12.3. The Hall–Kier alpha value is -0.570. The van der Waals surface area contributed by atoms with Crippen molar-refractivity contribution in [1.82, 2.24) is 4.90 Å². The first-order valence-corrected chi connectivity index (χ1v) is 7.25. The van der Waals surface area contributed by atoms with Gasteiger partial charge in [-0.05, 0) is 43.9 Å². The number of carbonyl (C=O) groups is 1. The maximum Gasteiger partial charge on any atom is 0.239 e. The monoisotopic (exact) mass is 238 g/mol. The highest BCUT2D eigenvalue weighted by atomic mass is 16.2. The number of nitrogens with zero attached hydrogens (tertiary/aromatic N) is 1. The van der Waals surface area contributed by atoms with Crippen LogP contribution in [0.5, 0.6) is 0 Å². The lowest BCUT2D eigenvalue weighted by molar-refractivity contribution is -0.133. The molecule has 2 N–H and O–H groups in total. The molecule has 98 valence electrons. The van der Waals surface area contributed by atoms with Gasteiger partial charge >= 0.3 is 0 Å². The summed E-state index contributed by atoms with van der Waals surface area (Å²) in [7, 11) is 0. The summed E-state index contributed by atoms with van der Waals surface area (Å²) in [6, 6.07) is -0.257. The van der Waals surface area contributed by atoms with Gasteiger partial charge in [-0.2, -0.15) is 0 Å². The van der Waals surface area contributed by atoms with Gasteiger partial charge in [0.1, 0.15) is 0 Å². The Morgan fingerprint density at radius 1 is 1.24 bits per heavy atom. The van der Waals surface area contributed by atoms with Gasteiger partial charge in [-0.1, -0.05) is 19.8 Å². The molecular formula is C14H26N2O. The van der Waals surface area contributed by atoms with E-state index in [0.29, 0.717) is 0 Å². The summed E-state index contributed by atoms with van der Waals surface area (Å²) in [5, 5.41) is 0. The first-order valence-electron chi connectivity index (χ1n) is 7.25. The Balaban J connectivity index is 1.80. The topological polar surface area (TPSA) is 46.3 Å². The van der Waals surface area contributed by atoms with Gasteiger partial charge in [0.05, 0.1) is 6.04 Å². The standard InChI is InChI=1S/C14H26N2O/c1-2-3-4-13(15)14(17)16(9-11-5-6-11)10-12-7-8-12/h11-13H,2-10,15H2,1H3/t13-/m0/s1. The second kappa shape index (κ2) is 5.85. The molecule has 3 heteroatoms. The molecule has 3 nitrogen and oxygen atoms in total. The Morgan fingerprint density at radius 3 is 2.18 bits per heavy atom. The van der Waals surface area contributed by atoms with E-state index in [9.17, 15) is 4.79 Å². The van der Waals surface area contributed by atoms with Crippen LogP contribution in [0.25, 0.3) is 0 Å². The zero-order valence-corrected chi connectivity index (χ0v) is 11.0. The number of unbranched alkanes of at least 4 members (excludes halogenated alkanes) is 1. The molecular weight excluding hydrogens is 212 g/mol. The van der Waals surface area contributed by atoms with E-state index in [1.807, 2.05) is 0 Å². The number of hydrogen-bond acceptors (Lipinski definition) is 2. The summed E-state index contributed by atoms with van der Waals surface area (Å²) in [6.07, 6.45) is 8.25. The summed E-state index contributed by atoms with van der Waals surface area (Å²) in [5.41, 5.74) is 6.01. The minimum atomic E-state index is -0.257. The third-order valence-corrected chi connectivity index (χ3v) is 3.85. The van der Waals surface area contributed by atoms with Crippen LogP contribution < -0.4 is 5.73 Å². The van der Waals surface area contributed by atoms with Crippen molar-refractivity contribution in [2.24, 2.45) is 17.6 Å². The second-order valence-electron chi connectivity index (χ2n) is 5.88. The molecule has 2 aliphatic rings. The van der Waals surface area contributed by atoms with E-state index >= 15 is 0 Å². The quantitative estimate of drug-likeness (QED) is 0.704. The lowest BCUT2D eigenvalue weighted by Crippen LogP contribution is -2.45. The third-order valence-electron chi connectivity index (χ3n) is 3.85. The van der Waals surface area contributed by atoms with Gasteiger partial charge in [-0.15, -0.1) is 0 Å². The van der Waals surface area contributed by atoms with Crippen LogP contribution in [0.4, 0.5) is 0 Å². The predicted octanol–water partition coefficient (Wildman–Crippen LogP) is 2.15. The zero-order valence-electron chi connectivity index (χ0n) is 11.0. The van der Waals surface area contributed by atoms with Gasteiger partial charge in [0.25, 0.3) is 0 Å². The Labute approximate surface area is 105 Å². The maximum atomic E-state index is 12.3. The lowest BCUT2D eigenvalue weighted by atomic mass is 10.1. The molecule has 2 rings (SSSR count). The van der Waals surface area contributed by atoms with Gasteiger partial charge < -0.3 is 10.6 Å². The highest BCUT2D eigenvalue weighted by molar-refractivity contribution is 5.81. The van der Waals surface area contributed by atoms with Gasteiger partial charge in [-0.3, -0.25) is 4.79 Å². The molecule has 0 spiro atoms. The largest absolute Gasteiger partial charge is 0.341 e. The van der Waals surface area contributed by atoms with Crippen LogP contribution >= 0.6 is 0 Å². The number of hydrogen-bond donors (Lipinski definition) is 1. The van der Waals surface area contributed by atoms with E-state index in [-0.39, 0.29) is 11.9 Å². The molecule has 0 heterocycles. The fourth-order valence-corrected chi connectivity index (χ4v) is 2.26. The molecule has 2 saturated carbocycles. The number of carbonyl (C=O) groups excluding carboxylic acids is 1. The molecule has 1 atom stereocenters. The molecule has 0 unspecified atom stereocenters. The highest BCUT2D eigenvalue weighted by Gasteiger charge is 2.32. The second-order valence-corrected chi connectivity index (χ2v) is 5.88. The zero-order chi connectivity index (χ0) is 12.3. The van der Waals surface area contributed by atoms with Crippen LogP contribution in [0.1, 0.15) is 51.9 Å². The smallest absolute Gasteiger partial charge is 0.239 e. The van der Waals surface area contributed by atoms with Crippen molar-refractivity contribution < 1.29 is 4.79 Å². The molecule has 0 radical (unpaired) electrons. The average molecular weight is 238 g/mol. The molecule has 2 aliphatic carbocycles. The van der Waals surface area contributed by atoms with Crippen molar-refractivity contribution >= 4 is 5.91 Å². The van der Waals surface area contributed by atoms with Gasteiger partial charge in [-0.25, -0.2) is 0 Å². The van der Waals surface area contributed by atoms with Crippen molar-refractivity contribution in [2.45, 2.75) is 57.9 Å². The first-order chi connectivity index (χ1) is 8.20. The first kappa shape index (κ1) is 12.9. The molecule has 0 bridgehead atoms. The SMILES string of the molecule is CCCC[C@H](N)C(=O)N(CC1CC1)CC1CC1. The van der Waals surface area contributed by atoms with Crippen LogP contribution in [0.15, 0.2) is 0 Å². The van der Waals surface area contributed by atoms with Crippen LogP contribution in [0, 0.1) is 11.8 Å². The summed E-state index contributed by atoms with van der Waals surface area (Å²) >= 11 is 0. The Kier molecular flexibility index (Phi) is 4.43. The minimum Gasteiger partial charge on any atom is -0.341 e. The number of amides is 1. The normalized spacial score (nSPS) is 21.3. The molecule has 0 aromatic rings. The van der Waals surface area contributed by atoms with Crippen molar-refractivity contribution in [3.05, 3.63) is 0 Å². The summed E-state index contributed by atoms with van der Waals surface area (Å²) in [5.74, 6) is 1.75. The van der Waals surface area contributed by atoms with E-state index in [0.717, 1.165) is 44.2 Å². The van der Waals surface area contributed by atoms with Gasteiger partial charge in [0, 0.05) is 13.1 Å². The van der Waals surface area contributed by atoms with Gasteiger partial charge in [0.15, 0.2) is 0 Å². The molecule has 17 heavy (non-hydrogen) atoms. The van der Waals surface area contributed by atoms with Crippen LogP contribution in [-0.4, -0.2) is 29.9 Å². The number of nitrogens with two attached hydrogens (primary N) is 1. The summed E-state index contributed by atoms with van der Waals surface area (Å²) in [6.45, 7) is 4.08. The van der Waals surface area contributed by atoms with Crippen molar-refractivity contribution in [1.29, 1.82) is 0 Å². The van der Waals surface area contributed by atoms with E-state index < -0.39 is 0 Å². The lowest BCUT2D eigenvalue weighted by Gasteiger charge is -2.25. The minimum absolute atomic E-state index is 0.206. The molecule has 0 saturated heterocycles. The fourth-order valence-electron chi connectivity index (χ4n) is 2.26. The van der Waals surface area contributed by atoms with E-state index in [1.54, 1.807) is 0 Å². The van der Waals surface area contributed by atoms with Crippen LogP contribution in [0.2, 0.25) is 0 Å². The molecule has 0 aromatic carbocycles. The molecule has 0 aromatic heterocycles. The summed E-state index contributed by atoms with van der Waals surface area (Å²) < 4.78 is 0. The van der Waals surface area contributed by atoms with Crippen molar-refractivity contribution in [3.8, 4) is 0 Å². The molecule has 1 amide bonds. The van der Waals surface area contributed by atoms with Gasteiger partial charge in [0.2, 0.25) is 5.91 Å². The third kappa shape index (κ3) is 4.30. The van der Waals surface area contributed by atoms with Crippen LogP contribution in [0.3, 0.4) is 0 Å². The van der Waals surface area contributed by atoms with Crippen LogP contribution in [-0.2, 0) is 4.79 Å². The van der Waals surface area contributed by atoms with E-state index in [4.69, 9.17) is 5.73 Å². The average Bonchev–Trinajstić information content (AvgIpc) is 3.18. The van der Waals surface area contributed by atoms with Crippen molar-refractivity contribution in [2.75, 3.05) is 13.1 Å². The van der Waals surface area contributed by atoms with Crippen molar-refractivity contribution in [3.63, 3.8) is 0 Å². The van der Waals surface area contributed by atoms with E-state index in [1.165, 1.54) is 25.7 Å². The predicted molar refractivity (Wildman–Crippen MR) is 69.5 cm³/mol. The highest BCUT2D eigenvalue weighted by Crippen LogP contribution is 2.34. The Bertz CT molecular complexity index is 245. The Morgan fingerprint density at radius 2 is 1.76 bits per heavy atom. The van der Waals surface area contributed by atoms with E-state index in [2.05, 4.69) is 11.8 Å². The number of rotatable bonds is 8.